The molecule has 1 saturated carbocycles. The topological polar surface area (TPSA) is 66.4 Å². The largest absolute Gasteiger partial charge is 0.481 e. The lowest BCUT2D eigenvalue weighted by Gasteiger charge is -2.16. The number of rotatable bonds is 3. The Bertz CT molecular complexity index is 515. The van der Waals surface area contributed by atoms with Crippen molar-refractivity contribution < 1.29 is 14.7 Å². The van der Waals surface area contributed by atoms with E-state index in [1.807, 2.05) is 25.1 Å². The van der Waals surface area contributed by atoms with E-state index in [1.165, 1.54) is 0 Å². The SMILES string of the molecule is Cc1ccc(Br)c(NC(=O)[C@@H]2CCC[C@@H]2C(=O)O)c1. The fraction of sp³-hybridized carbons (Fsp3) is 0.429. The molecule has 1 amide bonds. The number of halogens is 1. The highest BCUT2D eigenvalue weighted by molar-refractivity contribution is 9.10. The van der Waals surface area contributed by atoms with Crippen LogP contribution in [0, 0.1) is 18.8 Å². The lowest BCUT2D eigenvalue weighted by atomic mass is 9.95. The number of carboxylic acids is 1. The quantitative estimate of drug-likeness (QED) is 0.896. The first kappa shape index (κ1) is 14.1. The highest BCUT2D eigenvalue weighted by Gasteiger charge is 2.37. The number of amides is 1. The van der Waals surface area contributed by atoms with Crippen molar-refractivity contribution in [1.29, 1.82) is 0 Å². The van der Waals surface area contributed by atoms with Gasteiger partial charge in [0.05, 0.1) is 17.5 Å². The van der Waals surface area contributed by atoms with Crippen molar-refractivity contribution >= 4 is 33.5 Å². The summed E-state index contributed by atoms with van der Waals surface area (Å²) < 4.78 is 0.802. The van der Waals surface area contributed by atoms with E-state index in [-0.39, 0.29) is 5.91 Å². The zero-order chi connectivity index (χ0) is 14.0. The molecule has 1 aliphatic carbocycles. The Balaban J connectivity index is 2.12. The van der Waals surface area contributed by atoms with Gasteiger partial charge >= 0.3 is 5.97 Å². The van der Waals surface area contributed by atoms with Crippen LogP contribution in [0.4, 0.5) is 5.69 Å². The van der Waals surface area contributed by atoms with Gasteiger partial charge in [-0.3, -0.25) is 9.59 Å². The molecule has 5 heteroatoms. The van der Waals surface area contributed by atoms with Gasteiger partial charge in [0.15, 0.2) is 0 Å². The van der Waals surface area contributed by atoms with Crippen LogP contribution in [-0.2, 0) is 9.59 Å². The van der Waals surface area contributed by atoms with Gasteiger partial charge in [-0.15, -0.1) is 0 Å². The van der Waals surface area contributed by atoms with Crippen molar-refractivity contribution in [2.45, 2.75) is 26.2 Å². The third-order valence-electron chi connectivity index (χ3n) is 3.55. The second kappa shape index (κ2) is 5.74. The number of hydrogen-bond acceptors (Lipinski definition) is 2. The second-order valence-electron chi connectivity index (χ2n) is 4.95. The molecule has 1 fully saturated rings. The molecule has 0 spiro atoms. The van der Waals surface area contributed by atoms with Gasteiger partial charge in [0.25, 0.3) is 0 Å². The predicted molar refractivity (Wildman–Crippen MR) is 76.0 cm³/mol. The van der Waals surface area contributed by atoms with E-state index >= 15 is 0 Å². The number of carboxylic acid groups (broad SMARTS) is 1. The first-order valence-electron chi connectivity index (χ1n) is 6.29. The highest BCUT2D eigenvalue weighted by atomic mass is 79.9. The van der Waals surface area contributed by atoms with Crippen LogP contribution in [0.5, 0.6) is 0 Å². The maximum Gasteiger partial charge on any atom is 0.307 e. The number of aliphatic carboxylic acids is 1. The molecule has 4 nitrogen and oxygen atoms in total. The molecule has 102 valence electrons. The molecule has 2 atom stereocenters. The lowest BCUT2D eigenvalue weighted by molar-refractivity contribution is -0.145. The molecule has 0 bridgehead atoms. The van der Waals surface area contributed by atoms with Crippen LogP contribution in [0.3, 0.4) is 0 Å². The molecule has 0 aromatic heterocycles. The summed E-state index contributed by atoms with van der Waals surface area (Å²) in [6.45, 7) is 1.94. The molecule has 1 aliphatic rings. The number of nitrogens with one attached hydrogen (secondary N) is 1. The third kappa shape index (κ3) is 3.15. The average molecular weight is 326 g/mol. The van der Waals surface area contributed by atoms with Crippen LogP contribution < -0.4 is 5.32 Å². The number of hydrogen-bond donors (Lipinski definition) is 2. The van der Waals surface area contributed by atoms with Crippen LogP contribution >= 0.6 is 15.9 Å². The van der Waals surface area contributed by atoms with Gasteiger partial charge in [0, 0.05) is 4.47 Å². The smallest absolute Gasteiger partial charge is 0.307 e. The minimum absolute atomic E-state index is 0.198. The van der Waals surface area contributed by atoms with Gasteiger partial charge in [0.1, 0.15) is 0 Å². The third-order valence-corrected chi connectivity index (χ3v) is 4.24. The molecular formula is C14H16BrNO3. The molecule has 1 aromatic rings. The summed E-state index contributed by atoms with van der Waals surface area (Å²) in [6.07, 6.45) is 2.03. The lowest BCUT2D eigenvalue weighted by Crippen LogP contribution is -2.30. The number of benzene rings is 1. The van der Waals surface area contributed by atoms with Crippen molar-refractivity contribution in [1.82, 2.24) is 0 Å². The average Bonchev–Trinajstić information content (AvgIpc) is 2.83. The van der Waals surface area contributed by atoms with Crippen LogP contribution in [0.25, 0.3) is 0 Å². The Morgan fingerprint density at radius 3 is 2.68 bits per heavy atom. The van der Waals surface area contributed by atoms with Gasteiger partial charge in [-0.2, -0.15) is 0 Å². The summed E-state index contributed by atoms with van der Waals surface area (Å²) in [5.41, 5.74) is 1.74. The molecule has 2 rings (SSSR count). The first-order valence-corrected chi connectivity index (χ1v) is 7.08. The Morgan fingerprint density at radius 2 is 2.00 bits per heavy atom. The summed E-state index contributed by atoms with van der Waals surface area (Å²) in [5, 5.41) is 11.9. The molecule has 0 aliphatic heterocycles. The molecule has 0 saturated heterocycles. The summed E-state index contributed by atoms with van der Waals surface area (Å²) >= 11 is 3.38. The Labute approximate surface area is 120 Å². The maximum absolute atomic E-state index is 12.2. The van der Waals surface area contributed by atoms with E-state index in [0.717, 1.165) is 16.5 Å². The van der Waals surface area contributed by atoms with Crippen molar-refractivity contribution in [3.8, 4) is 0 Å². The highest BCUT2D eigenvalue weighted by Crippen LogP contribution is 2.33. The summed E-state index contributed by atoms with van der Waals surface area (Å²) in [4.78, 5) is 23.3. The standard InChI is InChI=1S/C14H16BrNO3/c1-8-5-6-11(15)12(7-8)16-13(17)9-3-2-4-10(9)14(18)19/h5-7,9-10H,2-4H2,1H3,(H,16,17)(H,18,19)/t9-,10+/m1/s1. The van der Waals surface area contributed by atoms with Crippen LogP contribution in [0.1, 0.15) is 24.8 Å². The molecule has 0 heterocycles. The Kier molecular flexibility index (Phi) is 4.24. The maximum atomic E-state index is 12.2. The van der Waals surface area contributed by atoms with E-state index in [2.05, 4.69) is 21.2 Å². The molecule has 0 radical (unpaired) electrons. The van der Waals surface area contributed by atoms with E-state index < -0.39 is 17.8 Å². The predicted octanol–water partition coefficient (Wildman–Crippen LogP) is 3.20. The Morgan fingerprint density at radius 1 is 1.32 bits per heavy atom. The zero-order valence-corrected chi connectivity index (χ0v) is 12.2. The second-order valence-corrected chi connectivity index (χ2v) is 5.81. The normalized spacial score (nSPS) is 22.2. The van der Waals surface area contributed by atoms with E-state index in [1.54, 1.807) is 0 Å². The van der Waals surface area contributed by atoms with Gasteiger partial charge in [-0.05, 0) is 53.4 Å². The van der Waals surface area contributed by atoms with Gasteiger partial charge in [-0.1, -0.05) is 12.5 Å². The Hall–Kier alpha value is -1.36. The number of aryl methyl sites for hydroxylation is 1. The number of anilines is 1. The van der Waals surface area contributed by atoms with Gasteiger partial charge in [0.2, 0.25) is 5.91 Å². The van der Waals surface area contributed by atoms with Crippen LogP contribution in [0.2, 0.25) is 0 Å². The molecule has 0 unspecified atom stereocenters. The molecule has 2 N–H and O–H groups in total. The van der Waals surface area contributed by atoms with Crippen molar-refractivity contribution in [2.75, 3.05) is 5.32 Å². The number of carbonyl (C=O) groups is 2. The zero-order valence-electron chi connectivity index (χ0n) is 10.6. The summed E-state index contributed by atoms with van der Waals surface area (Å²) in [5.74, 6) is -2.05. The minimum atomic E-state index is -0.874. The fourth-order valence-corrected chi connectivity index (χ4v) is 2.88. The fourth-order valence-electron chi connectivity index (χ4n) is 2.53. The molecule has 19 heavy (non-hydrogen) atoms. The van der Waals surface area contributed by atoms with Crippen molar-refractivity contribution in [2.24, 2.45) is 11.8 Å². The molecule has 1 aromatic carbocycles. The summed E-state index contributed by atoms with van der Waals surface area (Å²) in [6, 6.07) is 5.68. The van der Waals surface area contributed by atoms with Crippen LogP contribution in [-0.4, -0.2) is 17.0 Å². The number of carbonyl (C=O) groups excluding carboxylic acids is 1. The van der Waals surface area contributed by atoms with Crippen molar-refractivity contribution in [3.63, 3.8) is 0 Å². The minimum Gasteiger partial charge on any atom is -0.481 e. The summed E-state index contributed by atoms with van der Waals surface area (Å²) in [7, 11) is 0. The van der Waals surface area contributed by atoms with E-state index in [0.29, 0.717) is 18.5 Å². The van der Waals surface area contributed by atoms with Gasteiger partial charge < -0.3 is 10.4 Å². The van der Waals surface area contributed by atoms with E-state index in [9.17, 15) is 9.59 Å². The van der Waals surface area contributed by atoms with E-state index in [4.69, 9.17) is 5.11 Å². The van der Waals surface area contributed by atoms with Crippen LogP contribution in [0.15, 0.2) is 22.7 Å². The first-order chi connectivity index (χ1) is 8.99. The van der Waals surface area contributed by atoms with Gasteiger partial charge in [-0.25, -0.2) is 0 Å². The monoisotopic (exact) mass is 325 g/mol. The van der Waals surface area contributed by atoms with Crippen molar-refractivity contribution in [3.05, 3.63) is 28.2 Å². The molecular weight excluding hydrogens is 310 g/mol.